The quantitative estimate of drug-likeness (QED) is 0.683. The van der Waals surface area contributed by atoms with Crippen molar-refractivity contribution in [2.45, 2.75) is 16.2 Å². The molecule has 2 N–H and O–H groups in total. The average molecular weight is 336 g/mol. The van der Waals surface area contributed by atoms with Crippen molar-refractivity contribution in [1.29, 1.82) is 0 Å². The lowest BCUT2D eigenvalue weighted by molar-refractivity contribution is 0.210. The highest BCUT2D eigenvalue weighted by Gasteiger charge is 2.18. The van der Waals surface area contributed by atoms with Gasteiger partial charge in [0.2, 0.25) is 0 Å². The van der Waals surface area contributed by atoms with Crippen molar-refractivity contribution in [3.63, 3.8) is 0 Å². The van der Waals surface area contributed by atoms with Gasteiger partial charge in [0.25, 0.3) is 0 Å². The minimum absolute atomic E-state index is 0.616. The highest BCUT2D eigenvalue weighted by atomic mass is 79.9. The molecule has 0 atom stereocenters. The second-order valence-electron chi connectivity index (χ2n) is 4.26. The second kappa shape index (κ2) is 4.90. The van der Waals surface area contributed by atoms with Gasteiger partial charge in [-0.05, 0) is 57.7 Å². The summed E-state index contributed by atoms with van der Waals surface area (Å²) in [5.41, 5.74) is 3.03. The molecule has 19 heavy (non-hydrogen) atoms. The molecule has 96 valence electrons. The Morgan fingerprint density at radius 2 is 2.11 bits per heavy atom. The minimum atomic E-state index is -1.04. The molecule has 3 nitrogen and oxygen atoms in total. The van der Waals surface area contributed by atoms with E-state index in [0.717, 1.165) is 16.5 Å². The summed E-state index contributed by atoms with van der Waals surface area (Å²) >= 11 is 5.28. The van der Waals surface area contributed by atoms with Gasteiger partial charge in [-0.15, -0.1) is 0 Å². The van der Waals surface area contributed by atoms with E-state index >= 15 is 0 Å². The van der Waals surface area contributed by atoms with Crippen molar-refractivity contribution >= 4 is 39.5 Å². The summed E-state index contributed by atoms with van der Waals surface area (Å²) in [5.74, 6) is 0. The zero-order chi connectivity index (χ0) is 13.4. The van der Waals surface area contributed by atoms with Gasteiger partial charge in [0.05, 0.1) is 0 Å². The standard InChI is InChI=1S/C14H10BrNO2S/c15-11-3-1-2-8-6-9-7-10(16-14(17)18)4-5-12(9)19-13(8)11/h1-5,7,16H,6H2,(H,17,18). The van der Waals surface area contributed by atoms with Crippen LogP contribution >= 0.6 is 27.7 Å². The summed E-state index contributed by atoms with van der Waals surface area (Å²) in [6.45, 7) is 0. The summed E-state index contributed by atoms with van der Waals surface area (Å²) < 4.78 is 1.10. The smallest absolute Gasteiger partial charge is 0.409 e. The molecular formula is C14H10BrNO2S. The lowest BCUT2D eigenvalue weighted by atomic mass is 10.0. The Bertz CT molecular complexity index is 672. The van der Waals surface area contributed by atoms with Gasteiger partial charge in [-0.1, -0.05) is 23.9 Å². The van der Waals surface area contributed by atoms with Crippen molar-refractivity contribution in [3.8, 4) is 0 Å². The van der Waals surface area contributed by atoms with Gasteiger partial charge >= 0.3 is 6.09 Å². The van der Waals surface area contributed by atoms with E-state index in [1.54, 1.807) is 17.8 Å². The van der Waals surface area contributed by atoms with Crippen LogP contribution in [-0.4, -0.2) is 11.2 Å². The van der Waals surface area contributed by atoms with Crippen LogP contribution in [0.25, 0.3) is 0 Å². The van der Waals surface area contributed by atoms with Crippen LogP contribution in [0.5, 0.6) is 0 Å². The average Bonchev–Trinajstić information content (AvgIpc) is 2.36. The highest BCUT2D eigenvalue weighted by molar-refractivity contribution is 9.10. The Labute approximate surface area is 123 Å². The zero-order valence-corrected chi connectivity index (χ0v) is 12.2. The third-order valence-electron chi connectivity index (χ3n) is 2.95. The van der Waals surface area contributed by atoms with E-state index in [0.29, 0.717) is 5.69 Å². The molecule has 0 radical (unpaired) electrons. The summed E-state index contributed by atoms with van der Waals surface area (Å²) in [5, 5.41) is 11.1. The lowest BCUT2D eigenvalue weighted by Gasteiger charge is -2.20. The normalized spacial score (nSPS) is 12.5. The number of carbonyl (C=O) groups is 1. The van der Waals surface area contributed by atoms with Crippen molar-refractivity contribution in [3.05, 3.63) is 52.0 Å². The second-order valence-corrected chi connectivity index (χ2v) is 6.17. The molecule has 1 aliphatic heterocycles. The molecular weight excluding hydrogens is 326 g/mol. The number of hydrogen-bond acceptors (Lipinski definition) is 2. The Hall–Kier alpha value is -1.46. The Morgan fingerprint density at radius 1 is 1.26 bits per heavy atom. The molecule has 0 spiro atoms. The van der Waals surface area contributed by atoms with Gasteiger partial charge in [0.1, 0.15) is 0 Å². The first kappa shape index (κ1) is 12.6. The van der Waals surface area contributed by atoms with E-state index in [1.165, 1.54) is 15.4 Å². The Morgan fingerprint density at radius 3 is 2.89 bits per heavy atom. The van der Waals surface area contributed by atoms with Gasteiger partial charge in [-0.3, -0.25) is 5.32 Å². The first-order valence-corrected chi connectivity index (χ1v) is 7.32. The summed E-state index contributed by atoms with van der Waals surface area (Å²) in [4.78, 5) is 13.1. The molecule has 0 unspecified atom stereocenters. The summed E-state index contributed by atoms with van der Waals surface area (Å²) in [6, 6.07) is 11.8. The predicted molar refractivity (Wildman–Crippen MR) is 79.2 cm³/mol. The highest BCUT2D eigenvalue weighted by Crippen LogP contribution is 2.43. The molecule has 0 saturated heterocycles. The Balaban J connectivity index is 1.98. The maximum absolute atomic E-state index is 10.7. The molecule has 0 bridgehead atoms. The number of carboxylic acid groups (broad SMARTS) is 1. The van der Waals surface area contributed by atoms with E-state index < -0.39 is 6.09 Å². The zero-order valence-electron chi connectivity index (χ0n) is 9.81. The maximum Gasteiger partial charge on any atom is 0.409 e. The molecule has 2 aromatic rings. The van der Waals surface area contributed by atoms with Crippen LogP contribution in [0.1, 0.15) is 11.1 Å². The molecule has 0 aliphatic carbocycles. The van der Waals surface area contributed by atoms with Crippen LogP contribution in [0, 0.1) is 0 Å². The maximum atomic E-state index is 10.7. The Kier molecular flexibility index (Phi) is 3.24. The number of rotatable bonds is 1. The summed E-state index contributed by atoms with van der Waals surface area (Å²) in [6.07, 6.45) is -0.210. The van der Waals surface area contributed by atoms with Crippen LogP contribution in [0.2, 0.25) is 0 Å². The largest absolute Gasteiger partial charge is 0.465 e. The number of amides is 1. The van der Waals surface area contributed by atoms with Crippen LogP contribution in [0.4, 0.5) is 10.5 Å². The minimum Gasteiger partial charge on any atom is -0.465 e. The van der Waals surface area contributed by atoms with Crippen molar-refractivity contribution in [2.24, 2.45) is 0 Å². The molecule has 5 heteroatoms. The van der Waals surface area contributed by atoms with Crippen molar-refractivity contribution in [1.82, 2.24) is 0 Å². The van der Waals surface area contributed by atoms with E-state index in [1.807, 2.05) is 24.3 Å². The molecule has 1 amide bonds. The van der Waals surface area contributed by atoms with Crippen molar-refractivity contribution < 1.29 is 9.90 Å². The lowest BCUT2D eigenvalue weighted by Crippen LogP contribution is -2.08. The monoisotopic (exact) mass is 335 g/mol. The SMILES string of the molecule is O=C(O)Nc1ccc2c(c1)Cc1cccc(Br)c1S2. The van der Waals surface area contributed by atoms with Crippen LogP contribution in [-0.2, 0) is 6.42 Å². The number of anilines is 1. The third-order valence-corrected chi connectivity index (χ3v) is 5.18. The molecule has 0 aromatic heterocycles. The summed E-state index contributed by atoms with van der Waals surface area (Å²) in [7, 11) is 0. The number of halogens is 1. The topological polar surface area (TPSA) is 49.3 Å². The van der Waals surface area contributed by atoms with E-state index in [4.69, 9.17) is 5.11 Å². The van der Waals surface area contributed by atoms with Gasteiger partial charge in [-0.2, -0.15) is 0 Å². The number of nitrogens with one attached hydrogen (secondary N) is 1. The molecule has 2 aromatic carbocycles. The van der Waals surface area contributed by atoms with Gasteiger partial charge in [-0.25, -0.2) is 4.79 Å². The molecule has 0 fully saturated rings. The number of benzene rings is 2. The number of fused-ring (bicyclic) bond motifs is 2. The van der Waals surface area contributed by atoms with E-state index in [-0.39, 0.29) is 0 Å². The molecule has 3 rings (SSSR count). The molecule has 0 saturated carbocycles. The molecule has 1 heterocycles. The van der Waals surface area contributed by atoms with E-state index in [2.05, 4.69) is 27.3 Å². The van der Waals surface area contributed by atoms with Crippen LogP contribution in [0.15, 0.2) is 50.7 Å². The third kappa shape index (κ3) is 2.48. The van der Waals surface area contributed by atoms with Crippen LogP contribution in [0.3, 0.4) is 0 Å². The predicted octanol–water partition coefficient (Wildman–Crippen LogP) is 4.59. The fourth-order valence-corrected chi connectivity index (χ4v) is 3.85. The molecule has 1 aliphatic rings. The number of hydrogen-bond donors (Lipinski definition) is 2. The van der Waals surface area contributed by atoms with Gasteiger partial charge < -0.3 is 5.11 Å². The fraction of sp³-hybridized carbons (Fsp3) is 0.0714. The van der Waals surface area contributed by atoms with Gasteiger partial charge in [0, 0.05) is 20.0 Å². The first-order chi connectivity index (χ1) is 9.13. The van der Waals surface area contributed by atoms with Gasteiger partial charge in [0.15, 0.2) is 0 Å². The van der Waals surface area contributed by atoms with E-state index in [9.17, 15) is 4.79 Å². The fourth-order valence-electron chi connectivity index (χ4n) is 2.14. The van der Waals surface area contributed by atoms with Crippen molar-refractivity contribution in [2.75, 3.05) is 5.32 Å². The van der Waals surface area contributed by atoms with Crippen LogP contribution < -0.4 is 5.32 Å². The first-order valence-electron chi connectivity index (χ1n) is 5.71.